The third kappa shape index (κ3) is 8.91. The van der Waals surface area contributed by atoms with Crippen molar-refractivity contribution in [3.8, 4) is 11.5 Å². The van der Waals surface area contributed by atoms with Crippen LogP contribution in [0.3, 0.4) is 0 Å². The molecule has 6 nitrogen and oxygen atoms in total. The minimum Gasteiger partial charge on any atom is -0.481 e. The van der Waals surface area contributed by atoms with E-state index in [1.165, 1.54) is 5.56 Å². The van der Waals surface area contributed by atoms with Crippen LogP contribution in [0.4, 0.5) is 0 Å². The predicted molar refractivity (Wildman–Crippen MR) is 138 cm³/mol. The molecule has 0 aromatic heterocycles. The maximum atomic E-state index is 12.4. The number of carboxylic acid groups (broad SMARTS) is 1. The summed E-state index contributed by atoms with van der Waals surface area (Å²) in [6.45, 7) is 5.29. The Balaban J connectivity index is 0.000000420. The molecular weight excluding hydrogens is 440 g/mol. The number of hydrogen-bond donors (Lipinski definition) is 2. The molecule has 1 aliphatic rings. The van der Waals surface area contributed by atoms with Crippen LogP contribution in [0.25, 0.3) is 0 Å². The highest BCUT2D eigenvalue weighted by atomic mass is 16.5. The highest BCUT2D eigenvalue weighted by Gasteiger charge is 2.17. The van der Waals surface area contributed by atoms with Crippen LogP contribution < -0.4 is 10.1 Å². The number of para-hydroxylation sites is 2. The quantitative estimate of drug-likeness (QED) is 0.488. The number of carbonyl (C=O) groups is 2. The van der Waals surface area contributed by atoms with Crippen molar-refractivity contribution in [1.82, 2.24) is 10.2 Å². The number of rotatable bonds is 8. The minimum atomic E-state index is -0.832. The third-order valence-electron chi connectivity index (χ3n) is 5.79. The molecule has 0 bridgehead atoms. The topological polar surface area (TPSA) is 78.9 Å². The third-order valence-corrected chi connectivity index (χ3v) is 5.79. The number of piperazine rings is 1. The molecule has 184 valence electrons. The van der Waals surface area contributed by atoms with Gasteiger partial charge in [0.05, 0.1) is 0 Å². The van der Waals surface area contributed by atoms with E-state index >= 15 is 0 Å². The summed E-state index contributed by atoms with van der Waals surface area (Å²) in [4.78, 5) is 25.2. The van der Waals surface area contributed by atoms with Crippen molar-refractivity contribution in [2.45, 2.75) is 32.6 Å². The largest absolute Gasteiger partial charge is 0.481 e. The van der Waals surface area contributed by atoms with Gasteiger partial charge in [-0.25, -0.2) is 0 Å². The Labute approximate surface area is 207 Å². The number of carboxylic acids is 1. The summed E-state index contributed by atoms with van der Waals surface area (Å²) in [6.07, 6.45) is 1.52. The molecule has 4 rings (SSSR count). The first-order valence-electron chi connectivity index (χ1n) is 12.1. The summed E-state index contributed by atoms with van der Waals surface area (Å²) in [6, 6.07) is 25.4. The molecule has 2 N–H and O–H groups in total. The molecule has 0 radical (unpaired) electrons. The molecule has 1 aliphatic heterocycles. The van der Waals surface area contributed by atoms with Gasteiger partial charge in [0.25, 0.3) is 0 Å². The Bertz CT molecular complexity index is 1080. The lowest BCUT2D eigenvalue weighted by Gasteiger charge is -2.27. The predicted octanol–water partition coefficient (Wildman–Crippen LogP) is 4.86. The van der Waals surface area contributed by atoms with Gasteiger partial charge in [-0.3, -0.25) is 9.59 Å². The van der Waals surface area contributed by atoms with Crippen LogP contribution >= 0.6 is 0 Å². The van der Waals surface area contributed by atoms with Gasteiger partial charge >= 0.3 is 5.97 Å². The van der Waals surface area contributed by atoms with E-state index in [-0.39, 0.29) is 12.3 Å². The second-order valence-corrected chi connectivity index (χ2v) is 8.50. The van der Waals surface area contributed by atoms with Crippen LogP contribution in [0.2, 0.25) is 0 Å². The van der Waals surface area contributed by atoms with E-state index in [9.17, 15) is 9.59 Å². The molecule has 1 saturated heterocycles. The Hall–Kier alpha value is -3.64. The number of nitrogens with one attached hydrogen (secondary N) is 1. The summed E-state index contributed by atoms with van der Waals surface area (Å²) in [5, 5.41) is 12.2. The molecule has 3 aromatic rings. The fourth-order valence-corrected chi connectivity index (χ4v) is 3.83. The van der Waals surface area contributed by atoms with Crippen LogP contribution in [0.15, 0.2) is 78.9 Å². The van der Waals surface area contributed by atoms with Crippen molar-refractivity contribution >= 4 is 11.9 Å². The zero-order chi connectivity index (χ0) is 24.9. The van der Waals surface area contributed by atoms with Crippen molar-refractivity contribution in [1.29, 1.82) is 0 Å². The number of nitrogens with zero attached hydrogens (tertiary/aromatic N) is 1. The molecule has 0 atom stereocenters. The maximum Gasteiger partial charge on any atom is 0.303 e. The number of carbonyl (C=O) groups excluding carboxylic acids is 1. The Kier molecular flexibility index (Phi) is 10.3. The first-order chi connectivity index (χ1) is 17.0. The Morgan fingerprint density at radius 1 is 0.800 bits per heavy atom. The van der Waals surface area contributed by atoms with E-state index in [1.54, 1.807) is 0 Å². The monoisotopic (exact) mass is 474 g/mol. The fourth-order valence-electron chi connectivity index (χ4n) is 3.83. The van der Waals surface area contributed by atoms with Gasteiger partial charge in [0.2, 0.25) is 5.91 Å². The molecule has 3 aromatic carbocycles. The van der Waals surface area contributed by atoms with Gasteiger partial charge in [-0.15, -0.1) is 0 Å². The average Bonchev–Trinajstić information content (AvgIpc) is 2.89. The smallest absolute Gasteiger partial charge is 0.303 e. The number of hydrogen-bond acceptors (Lipinski definition) is 4. The lowest BCUT2D eigenvalue weighted by molar-refractivity contribution is -0.137. The lowest BCUT2D eigenvalue weighted by Crippen LogP contribution is -2.46. The normalized spacial score (nSPS) is 12.9. The molecular formula is C29H34N2O4. The molecule has 35 heavy (non-hydrogen) atoms. The van der Waals surface area contributed by atoms with Crippen LogP contribution in [0, 0.1) is 6.92 Å². The first kappa shape index (κ1) is 26.0. The van der Waals surface area contributed by atoms with Crippen molar-refractivity contribution < 1.29 is 19.4 Å². The van der Waals surface area contributed by atoms with Crippen LogP contribution in [0.1, 0.15) is 29.5 Å². The van der Waals surface area contributed by atoms with Crippen molar-refractivity contribution in [3.63, 3.8) is 0 Å². The summed E-state index contributed by atoms with van der Waals surface area (Å²) in [7, 11) is 0. The van der Waals surface area contributed by atoms with E-state index in [0.717, 1.165) is 37.3 Å². The zero-order valence-electron chi connectivity index (χ0n) is 20.3. The van der Waals surface area contributed by atoms with Crippen molar-refractivity contribution in [2.24, 2.45) is 0 Å². The lowest BCUT2D eigenvalue weighted by atomic mass is 10.1. The number of aryl methyl sites for hydroxylation is 3. The number of benzene rings is 3. The SMILES string of the molecule is Cc1ccccc1.O=C(O)CCc1ccccc1Oc1ccccc1CCC(=O)N1CCNCC1. The fraction of sp³-hybridized carbons (Fsp3) is 0.310. The molecule has 0 aliphatic carbocycles. The van der Waals surface area contributed by atoms with Gasteiger partial charge in [0.15, 0.2) is 0 Å². The molecule has 0 spiro atoms. The first-order valence-corrected chi connectivity index (χ1v) is 12.1. The van der Waals surface area contributed by atoms with Gasteiger partial charge in [-0.2, -0.15) is 0 Å². The highest BCUT2D eigenvalue weighted by Crippen LogP contribution is 2.29. The zero-order valence-corrected chi connectivity index (χ0v) is 20.3. The van der Waals surface area contributed by atoms with E-state index < -0.39 is 5.97 Å². The van der Waals surface area contributed by atoms with E-state index in [2.05, 4.69) is 24.4 Å². The van der Waals surface area contributed by atoms with E-state index in [4.69, 9.17) is 9.84 Å². The van der Waals surface area contributed by atoms with Gasteiger partial charge in [0, 0.05) is 39.0 Å². The molecule has 0 unspecified atom stereocenters. The standard InChI is InChI=1S/C22H26N2O4.C7H8/c25-21(24-15-13-23-14-16-24)11-9-17-5-1-3-7-19(17)28-20-8-4-2-6-18(20)10-12-22(26)27;1-7-5-3-2-4-6-7/h1-8,23H,9-16H2,(H,26,27);2-6H,1H3. The number of aliphatic carboxylic acids is 1. The molecule has 1 heterocycles. The second-order valence-electron chi connectivity index (χ2n) is 8.50. The summed E-state index contributed by atoms with van der Waals surface area (Å²) < 4.78 is 6.12. The summed E-state index contributed by atoms with van der Waals surface area (Å²) >= 11 is 0. The highest BCUT2D eigenvalue weighted by molar-refractivity contribution is 5.76. The summed E-state index contributed by atoms with van der Waals surface area (Å²) in [5.74, 6) is 0.697. The molecule has 1 amide bonds. The van der Waals surface area contributed by atoms with Gasteiger partial charge in [0.1, 0.15) is 11.5 Å². The summed E-state index contributed by atoms with van der Waals surface area (Å²) in [5.41, 5.74) is 3.15. The number of ether oxygens (including phenoxy) is 1. The Morgan fingerprint density at radius 2 is 1.31 bits per heavy atom. The average molecular weight is 475 g/mol. The Morgan fingerprint density at radius 3 is 1.83 bits per heavy atom. The van der Waals surface area contributed by atoms with Crippen molar-refractivity contribution in [3.05, 3.63) is 95.6 Å². The second kappa shape index (κ2) is 13.9. The molecule has 1 fully saturated rings. The van der Waals surface area contributed by atoms with E-state index in [0.29, 0.717) is 30.8 Å². The number of amides is 1. The van der Waals surface area contributed by atoms with Crippen LogP contribution in [-0.2, 0) is 22.4 Å². The van der Waals surface area contributed by atoms with Gasteiger partial charge in [-0.1, -0.05) is 72.3 Å². The van der Waals surface area contributed by atoms with E-state index in [1.807, 2.05) is 71.6 Å². The van der Waals surface area contributed by atoms with Gasteiger partial charge < -0.3 is 20.1 Å². The van der Waals surface area contributed by atoms with Gasteiger partial charge in [-0.05, 0) is 43.0 Å². The minimum absolute atomic E-state index is 0.0568. The molecule has 0 saturated carbocycles. The molecule has 6 heteroatoms. The van der Waals surface area contributed by atoms with Crippen LogP contribution in [0.5, 0.6) is 11.5 Å². The maximum absolute atomic E-state index is 12.4. The van der Waals surface area contributed by atoms with Crippen molar-refractivity contribution in [2.75, 3.05) is 26.2 Å². The van der Waals surface area contributed by atoms with Crippen LogP contribution in [-0.4, -0.2) is 48.1 Å².